The minimum atomic E-state index is 1.28. The van der Waals surface area contributed by atoms with Gasteiger partial charge in [0.2, 0.25) is 0 Å². The Morgan fingerprint density at radius 1 is 1.25 bits per heavy atom. The molecule has 3 heteroatoms. The van der Waals surface area contributed by atoms with Crippen LogP contribution in [0.5, 0.6) is 0 Å². The first-order valence-corrected chi connectivity index (χ1v) is 4.79. The Hall–Kier alpha value is -0.930. The van der Waals surface area contributed by atoms with E-state index in [-0.39, 0.29) is 0 Å². The van der Waals surface area contributed by atoms with Gasteiger partial charge in [-0.2, -0.15) is 4.83 Å². The molecule has 0 aromatic heterocycles. The van der Waals surface area contributed by atoms with Gasteiger partial charge in [-0.15, -0.1) is 0 Å². The Bertz CT molecular complexity index is 295. The van der Waals surface area contributed by atoms with Crippen LogP contribution in [0.3, 0.4) is 0 Å². The van der Waals surface area contributed by atoms with E-state index in [1.165, 1.54) is 11.3 Å². The highest BCUT2D eigenvalue weighted by Gasteiger charge is 2.16. The topological polar surface area (TPSA) is 19.9 Å². The number of nitrogens with zero attached hydrogens (tertiary/aromatic N) is 1. The van der Waals surface area contributed by atoms with Crippen LogP contribution in [0.2, 0.25) is 0 Å². The largest absolute Gasteiger partial charge is 0.218 e. The smallest absolute Gasteiger partial charge is 0.130 e. The number of hydrogen-bond acceptors (Lipinski definition) is 2. The fourth-order valence-corrected chi connectivity index (χ4v) is 1.99. The van der Waals surface area contributed by atoms with Gasteiger partial charge in [-0.3, -0.25) is 0 Å². The number of rotatable bonds is 1. The third-order valence-corrected chi connectivity index (χ3v) is 2.65. The summed E-state index contributed by atoms with van der Waals surface area (Å²) < 4.78 is 0. The van der Waals surface area contributed by atoms with Gasteiger partial charge in [-0.25, -0.2) is 5.01 Å². The molecule has 2 N–H and O–H groups in total. The lowest BCUT2D eigenvalue weighted by atomic mass is 10.2. The average Bonchev–Trinajstić information content (AvgIpc) is 2.53. The van der Waals surface area contributed by atoms with Crippen molar-refractivity contribution in [2.24, 2.45) is 0 Å². The molecule has 2 nitrogen and oxygen atoms in total. The Morgan fingerprint density at radius 2 is 2.00 bits per heavy atom. The normalized spacial score (nSPS) is 16.4. The van der Waals surface area contributed by atoms with Gasteiger partial charge < -0.3 is 0 Å². The molecule has 12 heavy (non-hydrogen) atoms. The van der Waals surface area contributed by atoms with Crippen LogP contribution in [-0.4, -0.2) is 12.1 Å². The minimum absolute atomic E-state index is 1.28. The summed E-state index contributed by atoms with van der Waals surface area (Å²) in [6, 6.07) is 10.4. The van der Waals surface area contributed by atoms with E-state index >= 15 is 0 Å². The van der Waals surface area contributed by atoms with Crippen LogP contribution < -0.4 is 4.83 Å². The first-order valence-electron chi connectivity index (χ1n) is 3.85. The van der Waals surface area contributed by atoms with Gasteiger partial charge in [0.05, 0.1) is 12.5 Å². The van der Waals surface area contributed by atoms with Crippen LogP contribution in [0.4, 0.5) is 0 Å². The summed E-state index contributed by atoms with van der Waals surface area (Å²) in [4.78, 5) is 2.10. The summed E-state index contributed by atoms with van der Waals surface area (Å²) in [5.41, 5.74) is 2.56. The molecule has 0 unspecified atom stereocenters. The van der Waals surface area contributed by atoms with E-state index in [0.29, 0.717) is 0 Å². The van der Waals surface area contributed by atoms with E-state index in [1.807, 2.05) is 6.07 Å². The second-order valence-corrected chi connectivity index (χ2v) is 3.44. The van der Waals surface area contributed by atoms with Gasteiger partial charge in [0.15, 0.2) is 0 Å². The van der Waals surface area contributed by atoms with Crippen LogP contribution in [0.15, 0.2) is 35.7 Å². The maximum atomic E-state index is 2.16. The molecule has 1 aromatic rings. The number of benzene rings is 1. The van der Waals surface area contributed by atoms with Gasteiger partial charge in [0, 0.05) is 5.56 Å². The zero-order valence-electron chi connectivity index (χ0n) is 6.90. The van der Waals surface area contributed by atoms with Crippen LogP contribution >= 0.6 is 11.9 Å². The molecule has 0 fully saturated rings. The third kappa shape index (κ3) is 1.33. The van der Waals surface area contributed by atoms with Crippen molar-refractivity contribution in [1.29, 1.82) is 0 Å². The lowest BCUT2D eigenvalue weighted by Crippen LogP contribution is -2.82. The molecule has 1 heterocycles. The van der Waals surface area contributed by atoms with Crippen molar-refractivity contribution in [3.05, 3.63) is 41.3 Å². The molecule has 1 aromatic carbocycles. The lowest BCUT2D eigenvalue weighted by Gasteiger charge is -2.10. The van der Waals surface area contributed by atoms with E-state index in [4.69, 9.17) is 0 Å². The lowest BCUT2D eigenvalue weighted by molar-refractivity contribution is -0.631. The van der Waals surface area contributed by atoms with E-state index < -0.39 is 0 Å². The van der Waals surface area contributed by atoms with Gasteiger partial charge >= 0.3 is 0 Å². The summed E-state index contributed by atoms with van der Waals surface area (Å²) >= 11 is 1.72. The zero-order chi connectivity index (χ0) is 8.39. The van der Waals surface area contributed by atoms with Gasteiger partial charge in [0.1, 0.15) is 17.6 Å². The van der Waals surface area contributed by atoms with E-state index in [1.54, 1.807) is 11.9 Å². The maximum absolute atomic E-state index is 2.16. The molecule has 0 spiro atoms. The number of hydrogen-bond donors (Lipinski definition) is 1. The predicted octanol–water partition coefficient (Wildman–Crippen LogP) is 1.06. The fraction of sp³-hybridized carbons (Fsp3) is 0.111. The fourth-order valence-electron chi connectivity index (χ4n) is 1.21. The Labute approximate surface area is 76.4 Å². The van der Waals surface area contributed by atoms with E-state index in [0.717, 1.165) is 0 Å². The predicted molar refractivity (Wildman–Crippen MR) is 51.7 cm³/mol. The van der Waals surface area contributed by atoms with E-state index in [2.05, 4.69) is 46.6 Å². The molecule has 0 saturated carbocycles. The summed E-state index contributed by atoms with van der Waals surface area (Å²) in [6.45, 7) is 0. The summed E-state index contributed by atoms with van der Waals surface area (Å²) in [5.74, 6) is 0. The summed E-state index contributed by atoms with van der Waals surface area (Å²) in [7, 11) is 2.07. The van der Waals surface area contributed by atoms with Crippen molar-refractivity contribution in [1.82, 2.24) is 5.01 Å². The molecule has 1 aliphatic heterocycles. The van der Waals surface area contributed by atoms with Crippen LogP contribution in [0.25, 0.3) is 5.70 Å². The van der Waals surface area contributed by atoms with Crippen molar-refractivity contribution in [3.8, 4) is 0 Å². The van der Waals surface area contributed by atoms with Crippen molar-refractivity contribution >= 4 is 17.6 Å². The monoisotopic (exact) mass is 179 g/mol. The molecule has 0 aliphatic carbocycles. The highest BCUT2D eigenvalue weighted by molar-refractivity contribution is 7.96. The molecule has 0 radical (unpaired) electrons. The second kappa shape index (κ2) is 3.21. The van der Waals surface area contributed by atoms with Crippen LogP contribution in [0, 0.1) is 0 Å². The second-order valence-electron chi connectivity index (χ2n) is 2.72. The van der Waals surface area contributed by atoms with Gasteiger partial charge in [-0.1, -0.05) is 30.3 Å². The maximum Gasteiger partial charge on any atom is 0.130 e. The minimum Gasteiger partial charge on any atom is -0.218 e. The third-order valence-electron chi connectivity index (χ3n) is 1.85. The average molecular weight is 179 g/mol. The SMILES string of the molecule is CN1[NH2+]SC=C1c1ccccc1. The van der Waals surface area contributed by atoms with Crippen molar-refractivity contribution in [3.63, 3.8) is 0 Å². The van der Waals surface area contributed by atoms with E-state index in [9.17, 15) is 0 Å². The zero-order valence-corrected chi connectivity index (χ0v) is 7.71. The highest BCUT2D eigenvalue weighted by atomic mass is 32.2. The number of quaternary nitrogens is 1. The Kier molecular flexibility index (Phi) is 2.06. The van der Waals surface area contributed by atoms with Crippen molar-refractivity contribution in [2.45, 2.75) is 0 Å². The Balaban J connectivity index is 2.31. The molecule has 0 bridgehead atoms. The molecule has 62 valence electrons. The van der Waals surface area contributed by atoms with Crippen LogP contribution in [-0.2, 0) is 0 Å². The molecule has 0 atom stereocenters. The Morgan fingerprint density at radius 3 is 2.58 bits per heavy atom. The molecular weight excluding hydrogens is 168 g/mol. The van der Waals surface area contributed by atoms with Crippen LogP contribution in [0.1, 0.15) is 5.56 Å². The first kappa shape index (κ1) is 7.71. The van der Waals surface area contributed by atoms with Gasteiger partial charge in [0.25, 0.3) is 0 Å². The quantitative estimate of drug-likeness (QED) is 0.513. The standard InChI is InChI=1S/C9H10N2S/c1-11-9(7-12-10-11)8-5-3-2-4-6-8/h2-7,10H,1H3/p+1. The summed E-state index contributed by atoms with van der Waals surface area (Å²) in [6.07, 6.45) is 0. The van der Waals surface area contributed by atoms with Gasteiger partial charge in [-0.05, 0) is 0 Å². The molecule has 0 amide bonds. The highest BCUT2D eigenvalue weighted by Crippen LogP contribution is 2.19. The van der Waals surface area contributed by atoms with Crippen molar-refractivity contribution in [2.75, 3.05) is 7.05 Å². The first-order chi connectivity index (χ1) is 5.88. The summed E-state index contributed by atoms with van der Waals surface area (Å²) in [5, 5.41) is 4.30. The molecule has 1 aliphatic rings. The molecule has 2 rings (SSSR count). The molecule has 0 saturated heterocycles. The molecular formula is C9H11N2S+. The number of nitrogens with two attached hydrogens (primary N) is 1. The van der Waals surface area contributed by atoms with Crippen molar-refractivity contribution < 1.29 is 4.83 Å².